The first kappa shape index (κ1) is 26.5. The van der Waals surface area contributed by atoms with Crippen LogP contribution in [0, 0.1) is 5.82 Å². The molecule has 0 saturated carbocycles. The molecule has 41 heavy (non-hydrogen) atoms. The summed E-state index contributed by atoms with van der Waals surface area (Å²) in [5.74, 6) is -0.442. The molecule has 0 bridgehead atoms. The number of carbonyl (C=O) groups excluding carboxylic acids is 2. The van der Waals surface area contributed by atoms with E-state index in [1.165, 1.54) is 23.9 Å². The minimum Gasteiger partial charge on any atom is -0.411 e. The van der Waals surface area contributed by atoms with Crippen molar-refractivity contribution < 1.29 is 18.4 Å². The Morgan fingerprint density at radius 3 is 2.37 bits per heavy atom. The molecule has 4 aromatic carbocycles. The van der Waals surface area contributed by atoms with Gasteiger partial charge in [-0.25, -0.2) is 4.39 Å². The molecular weight excluding hydrogens is 541 g/mol. The fourth-order valence-corrected chi connectivity index (χ4v) is 5.32. The molecule has 1 aliphatic rings. The average molecular weight is 568 g/mol. The van der Waals surface area contributed by atoms with E-state index >= 15 is 0 Å². The van der Waals surface area contributed by atoms with Crippen molar-refractivity contribution in [2.75, 3.05) is 42.1 Å². The van der Waals surface area contributed by atoms with Gasteiger partial charge in [0, 0.05) is 43.1 Å². The van der Waals surface area contributed by atoms with E-state index in [0.717, 1.165) is 22.0 Å². The first-order valence-electron chi connectivity index (χ1n) is 13.2. The van der Waals surface area contributed by atoms with Gasteiger partial charge in [0.25, 0.3) is 11.1 Å². The number of thioether (sulfide) groups is 1. The van der Waals surface area contributed by atoms with E-state index in [1.54, 1.807) is 17.0 Å². The third-order valence-corrected chi connectivity index (χ3v) is 7.74. The van der Waals surface area contributed by atoms with E-state index in [1.807, 2.05) is 66.7 Å². The molecule has 1 aliphatic heterocycles. The third-order valence-electron chi connectivity index (χ3n) is 6.92. The van der Waals surface area contributed by atoms with Gasteiger partial charge in [-0.2, -0.15) is 0 Å². The SMILES string of the molecule is O=C(CSc1nnc(-c2ccc3ccccc3c2)o1)Nc1ccc(N2CCN(C(=O)c3ccccc3F)CC2)cc1. The zero-order valence-corrected chi connectivity index (χ0v) is 22.8. The molecule has 0 unspecified atom stereocenters. The van der Waals surface area contributed by atoms with Gasteiger partial charge in [0.05, 0.1) is 11.3 Å². The van der Waals surface area contributed by atoms with Crippen LogP contribution in [0.4, 0.5) is 15.8 Å². The predicted octanol–water partition coefficient (Wildman–Crippen LogP) is 5.72. The maximum atomic E-state index is 14.0. The van der Waals surface area contributed by atoms with Gasteiger partial charge < -0.3 is 19.5 Å². The van der Waals surface area contributed by atoms with Crippen molar-refractivity contribution in [1.29, 1.82) is 0 Å². The summed E-state index contributed by atoms with van der Waals surface area (Å²) >= 11 is 1.18. The lowest BCUT2D eigenvalue weighted by Gasteiger charge is -2.36. The second kappa shape index (κ2) is 11.8. The molecule has 0 radical (unpaired) electrons. The largest absolute Gasteiger partial charge is 0.411 e. The van der Waals surface area contributed by atoms with Crippen LogP contribution in [-0.2, 0) is 4.79 Å². The number of hydrogen-bond donors (Lipinski definition) is 1. The highest BCUT2D eigenvalue weighted by atomic mass is 32.2. The predicted molar refractivity (Wildman–Crippen MR) is 158 cm³/mol. The van der Waals surface area contributed by atoms with E-state index in [-0.39, 0.29) is 23.1 Å². The average Bonchev–Trinajstić information content (AvgIpc) is 3.49. The highest BCUT2D eigenvalue weighted by molar-refractivity contribution is 7.99. The summed E-state index contributed by atoms with van der Waals surface area (Å²) in [6.07, 6.45) is 0. The molecule has 1 saturated heterocycles. The molecule has 1 N–H and O–H groups in total. The Balaban J connectivity index is 0.985. The van der Waals surface area contributed by atoms with Crippen molar-refractivity contribution in [3.05, 3.63) is 102 Å². The molecule has 1 fully saturated rings. The first-order valence-corrected chi connectivity index (χ1v) is 14.2. The van der Waals surface area contributed by atoms with Gasteiger partial charge >= 0.3 is 0 Å². The van der Waals surface area contributed by atoms with Crippen LogP contribution in [0.25, 0.3) is 22.2 Å². The minimum atomic E-state index is -0.501. The van der Waals surface area contributed by atoms with E-state index < -0.39 is 5.82 Å². The molecule has 2 amide bonds. The van der Waals surface area contributed by atoms with Gasteiger partial charge in [-0.05, 0) is 59.3 Å². The summed E-state index contributed by atoms with van der Waals surface area (Å²) in [4.78, 5) is 29.1. The number of amides is 2. The maximum Gasteiger partial charge on any atom is 0.277 e. The highest BCUT2D eigenvalue weighted by Gasteiger charge is 2.24. The Morgan fingerprint density at radius 2 is 1.59 bits per heavy atom. The maximum absolute atomic E-state index is 14.0. The number of nitrogens with one attached hydrogen (secondary N) is 1. The molecule has 5 aromatic rings. The molecule has 0 atom stereocenters. The van der Waals surface area contributed by atoms with Gasteiger partial charge in [-0.3, -0.25) is 9.59 Å². The van der Waals surface area contributed by atoms with Crippen molar-refractivity contribution in [1.82, 2.24) is 15.1 Å². The molecule has 6 rings (SSSR count). The number of halogens is 1. The van der Waals surface area contributed by atoms with Crippen molar-refractivity contribution in [3.63, 3.8) is 0 Å². The summed E-state index contributed by atoms with van der Waals surface area (Å²) in [6.45, 7) is 2.27. The van der Waals surface area contributed by atoms with Crippen LogP contribution in [0.3, 0.4) is 0 Å². The summed E-state index contributed by atoms with van der Waals surface area (Å²) < 4.78 is 19.8. The number of anilines is 2. The van der Waals surface area contributed by atoms with Crippen molar-refractivity contribution in [3.8, 4) is 11.5 Å². The number of hydrogen-bond acceptors (Lipinski definition) is 7. The molecular formula is C31H26FN5O3S. The topological polar surface area (TPSA) is 91.6 Å². The molecule has 10 heteroatoms. The molecule has 8 nitrogen and oxygen atoms in total. The molecule has 0 aliphatic carbocycles. The zero-order valence-electron chi connectivity index (χ0n) is 22.0. The van der Waals surface area contributed by atoms with Gasteiger partial charge in [0.2, 0.25) is 11.8 Å². The van der Waals surface area contributed by atoms with Crippen LogP contribution in [-0.4, -0.2) is 58.8 Å². The van der Waals surface area contributed by atoms with E-state index in [4.69, 9.17) is 4.42 Å². The number of piperazine rings is 1. The van der Waals surface area contributed by atoms with E-state index in [0.29, 0.717) is 43.0 Å². The number of rotatable bonds is 7. The summed E-state index contributed by atoms with van der Waals surface area (Å²) in [5, 5.41) is 13.6. The second-order valence-electron chi connectivity index (χ2n) is 9.58. The number of fused-ring (bicyclic) bond motifs is 1. The lowest BCUT2D eigenvalue weighted by atomic mass is 10.1. The van der Waals surface area contributed by atoms with Crippen LogP contribution in [0.5, 0.6) is 0 Å². The van der Waals surface area contributed by atoms with E-state index in [2.05, 4.69) is 20.4 Å². The molecule has 2 heterocycles. The number of benzene rings is 4. The lowest BCUT2D eigenvalue weighted by Crippen LogP contribution is -2.49. The Labute approximate surface area is 240 Å². The van der Waals surface area contributed by atoms with Gasteiger partial charge in [-0.1, -0.05) is 54.2 Å². The monoisotopic (exact) mass is 567 g/mol. The molecule has 206 valence electrons. The quantitative estimate of drug-likeness (QED) is 0.252. The van der Waals surface area contributed by atoms with Crippen LogP contribution >= 0.6 is 11.8 Å². The van der Waals surface area contributed by atoms with Gasteiger partial charge in [-0.15, -0.1) is 10.2 Å². The summed E-state index contributed by atoms with van der Waals surface area (Å²) in [7, 11) is 0. The Bertz CT molecular complexity index is 1700. The van der Waals surface area contributed by atoms with Crippen LogP contribution in [0.15, 0.2) is 101 Å². The fraction of sp³-hybridized carbons (Fsp3) is 0.161. The lowest BCUT2D eigenvalue weighted by molar-refractivity contribution is -0.113. The zero-order chi connectivity index (χ0) is 28.2. The third kappa shape index (κ3) is 6.07. The van der Waals surface area contributed by atoms with Crippen molar-refractivity contribution in [2.45, 2.75) is 5.22 Å². The van der Waals surface area contributed by atoms with Crippen molar-refractivity contribution >= 4 is 45.7 Å². The number of aromatic nitrogens is 2. The smallest absolute Gasteiger partial charge is 0.277 e. The molecule has 1 aromatic heterocycles. The number of carbonyl (C=O) groups is 2. The van der Waals surface area contributed by atoms with E-state index in [9.17, 15) is 14.0 Å². The summed E-state index contributed by atoms with van der Waals surface area (Å²) in [5.41, 5.74) is 2.59. The van der Waals surface area contributed by atoms with Gasteiger partial charge in [0.1, 0.15) is 5.82 Å². The van der Waals surface area contributed by atoms with Crippen LogP contribution in [0.1, 0.15) is 10.4 Å². The summed E-state index contributed by atoms with van der Waals surface area (Å²) in [6, 6.07) is 27.6. The van der Waals surface area contributed by atoms with Gasteiger partial charge in [0.15, 0.2) is 0 Å². The highest BCUT2D eigenvalue weighted by Crippen LogP contribution is 2.27. The van der Waals surface area contributed by atoms with Crippen LogP contribution < -0.4 is 10.2 Å². The molecule has 0 spiro atoms. The standard InChI is InChI=1S/C31H26FN5O3S/c32-27-8-4-3-7-26(27)30(39)37-17-15-36(16-18-37)25-13-11-24(12-14-25)33-28(38)20-41-31-35-34-29(40-31)23-10-9-21-5-1-2-6-22(21)19-23/h1-14,19H,15-18,20H2,(H,33,38). The normalized spacial score (nSPS) is 13.4. The minimum absolute atomic E-state index is 0.101. The Hall–Kier alpha value is -4.70. The first-order chi connectivity index (χ1) is 20.0. The number of nitrogens with zero attached hydrogens (tertiary/aromatic N) is 4. The van der Waals surface area contributed by atoms with Crippen LogP contribution in [0.2, 0.25) is 0 Å². The Kier molecular flexibility index (Phi) is 7.64. The Morgan fingerprint density at radius 1 is 0.854 bits per heavy atom. The van der Waals surface area contributed by atoms with Crippen molar-refractivity contribution in [2.24, 2.45) is 0 Å². The second-order valence-corrected chi connectivity index (χ2v) is 10.5. The fourth-order valence-electron chi connectivity index (χ4n) is 4.76.